The number of carbonyl (C=O) groups excluding carboxylic acids is 2. The lowest BCUT2D eigenvalue weighted by atomic mass is 10.1. The molecule has 1 N–H and O–H groups in total. The number of piperidine rings is 1. The predicted molar refractivity (Wildman–Crippen MR) is 111 cm³/mol. The maximum absolute atomic E-state index is 12.5. The molecule has 0 aliphatic carbocycles. The van der Waals surface area contributed by atoms with Crippen LogP contribution < -0.4 is 10.1 Å². The van der Waals surface area contributed by atoms with Crippen LogP contribution in [-0.4, -0.2) is 36.4 Å². The normalized spacial score (nSPS) is 13.8. The molecule has 0 spiro atoms. The molecule has 0 atom stereocenters. The van der Waals surface area contributed by atoms with Gasteiger partial charge in [-0.05, 0) is 74.2 Å². The number of halogens is 1. The number of amides is 2. The monoisotopic (exact) mass is 400 g/mol. The Bertz CT molecular complexity index is 784. The molecule has 2 amide bonds. The van der Waals surface area contributed by atoms with Crippen LogP contribution in [0.4, 0.5) is 5.69 Å². The SMILES string of the molecule is O=C(CCCOc1ccc(Cl)cc1)Nc1ccc(C(=O)N2CCCCC2)cc1. The van der Waals surface area contributed by atoms with Gasteiger partial charge in [-0.3, -0.25) is 9.59 Å². The van der Waals surface area contributed by atoms with Crippen molar-refractivity contribution in [2.45, 2.75) is 32.1 Å². The molecule has 1 saturated heterocycles. The first-order valence-corrected chi connectivity index (χ1v) is 10.1. The van der Waals surface area contributed by atoms with Crippen molar-refractivity contribution in [3.05, 3.63) is 59.1 Å². The predicted octanol–water partition coefficient (Wildman–Crippen LogP) is 4.76. The van der Waals surface area contributed by atoms with Crippen LogP contribution in [0.2, 0.25) is 5.02 Å². The van der Waals surface area contributed by atoms with Gasteiger partial charge in [0.1, 0.15) is 5.75 Å². The minimum absolute atomic E-state index is 0.0666. The van der Waals surface area contributed by atoms with Crippen molar-refractivity contribution < 1.29 is 14.3 Å². The lowest BCUT2D eigenvalue weighted by Gasteiger charge is -2.26. The molecule has 0 unspecified atom stereocenters. The molecule has 0 bridgehead atoms. The Morgan fingerprint density at radius 1 is 0.964 bits per heavy atom. The number of hydrogen-bond acceptors (Lipinski definition) is 3. The maximum atomic E-state index is 12.5. The number of nitrogens with zero attached hydrogens (tertiary/aromatic N) is 1. The van der Waals surface area contributed by atoms with Gasteiger partial charge in [-0.1, -0.05) is 11.6 Å². The highest BCUT2D eigenvalue weighted by molar-refractivity contribution is 6.30. The molecule has 6 heteroatoms. The van der Waals surface area contributed by atoms with Crippen LogP contribution in [-0.2, 0) is 4.79 Å². The number of benzene rings is 2. The van der Waals surface area contributed by atoms with E-state index in [-0.39, 0.29) is 11.8 Å². The first kappa shape index (κ1) is 20.2. The van der Waals surface area contributed by atoms with E-state index < -0.39 is 0 Å². The third kappa shape index (κ3) is 5.99. The van der Waals surface area contributed by atoms with Crippen molar-refractivity contribution in [2.75, 3.05) is 25.0 Å². The lowest BCUT2D eigenvalue weighted by molar-refractivity contribution is -0.116. The van der Waals surface area contributed by atoms with Crippen molar-refractivity contribution in [3.63, 3.8) is 0 Å². The summed E-state index contributed by atoms with van der Waals surface area (Å²) in [5, 5.41) is 3.52. The molecule has 1 aliphatic rings. The summed E-state index contributed by atoms with van der Waals surface area (Å²) in [5.41, 5.74) is 1.36. The zero-order valence-electron chi connectivity index (χ0n) is 15.8. The van der Waals surface area contributed by atoms with Gasteiger partial charge >= 0.3 is 0 Å². The van der Waals surface area contributed by atoms with Gasteiger partial charge in [-0.25, -0.2) is 0 Å². The van der Waals surface area contributed by atoms with Crippen LogP contribution >= 0.6 is 11.6 Å². The average Bonchev–Trinajstić information content (AvgIpc) is 2.73. The minimum atomic E-state index is -0.0742. The van der Waals surface area contributed by atoms with Crippen molar-refractivity contribution in [3.8, 4) is 5.75 Å². The van der Waals surface area contributed by atoms with Crippen LogP contribution in [0.3, 0.4) is 0 Å². The molecule has 1 fully saturated rings. The van der Waals surface area contributed by atoms with E-state index in [1.54, 1.807) is 48.5 Å². The number of nitrogens with one attached hydrogen (secondary N) is 1. The number of ether oxygens (including phenoxy) is 1. The number of anilines is 1. The second-order valence-corrected chi connectivity index (χ2v) is 7.32. The van der Waals surface area contributed by atoms with Gasteiger partial charge in [0.25, 0.3) is 5.91 Å². The zero-order valence-corrected chi connectivity index (χ0v) is 16.6. The summed E-state index contributed by atoms with van der Waals surface area (Å²) in [6.45, 7) is 2.11. The Hall–Kier alpha value is -2.53. The standard InChI is InChI=1S/C22H25ClN2O3/c23-18-8-12-20(13-9-18)28-16-4-5-21(26)24-19-10-6-17(7-11-19)22(27)25-14-2-1-3-15-25/h6-13H,1-5,14-16H2,(H,24,26). The van der Waals surface area contributed by atoms with E-state index in [9.17, 15) is 9.59 Å². The highest BCUT2D eigenvalue weighted by Gasteiger charge is 2.17. The van der Waals surface area contributed by atoms with E-state index >= 15 is 0 Å². The van der Waals surface area contributed by atoms with Crippen molar-refractivity contribution in [2.24, 2.45) is 0 Å². The Morgan fingerprint density at radius 3 is 2.32 bits per heavy atom. The van der Waals surface area contributed by atoms with Gasteiger partial charge in [-0.2, -0.15) is 0 Å². The zero-order chi connectivity index (χ0) is 19.8. The molecule has 0 aromatic heterocycles. The quantitative estimate of drug-likeness (QED) is 0.681. The Morgan fingerprint density at radius 2 is 1.64 bits per heavy atom. The van der Waals surface area contributed by atoms with Gasteiger partial charge in [0, 0.05) is 35.8 Å². The molecule has 2 aromatic rings. The van der Waals surface area contributed by atoms with Crippen LogP contribution in [0.25, 0.3) is 0 Å². The number of rotatable bonds is 7. The topological polar surface area (TPSA) is 58.6 Å². The van der Waals surface area contributed by atoms with Gasteiger partial charge in [-0.15, -0.1) is 0 Å². The Kier molecular flexibility index (Phi) is 7.31. The first-order valence-electron chi connectivity index (χ1n) is 9.69. The molecule has 5 nitrogen and oxygen atoms in total. The molecule has 0 radical (unpaired) electrons. The minimum Gasteiger partial charge on any atom is -0.494 e. The Labute approximate surface area is 170 Å². The van der Waals surface area contributed by atoms with Gasteiger partial charge in [0.15, 0.2) is 0 Å². The summed E-state index contributed by atoms with van der Waals surface area (Å²) >= 11 is 5.83. The molecule has 2 aromatic carbocycles. The highest BCUT2D eigenvalue weighted by atomic mass is 35.5. The summed E-state index contributed by atoms with van der Waals surface area (Å²) in [7, 11) is 0. The first-order chi connectivity index (χ1) is 13.6. The van der Waals surface area contributed by atoms with Crippen LogP contribution in [0.1, 0.15) is 42.5 Å². The van der Waals surface area contributed by atoms with Crippen LogP contribution in [0.5, 0.6) is 5.75 Å². The fraction of sp³-hybridized carbons (Fsp3) is 0.364. The van der Waals surface area contributed by atoms with E-state index in [4.69, 9.17) is 16.3 Å². The molecule has 1 heterocycles. The highest BCUT2D eigenvalue weighted by Crippen LogP contribution is 2.17. The second kappa shape index (κ2) is 10.1. The van der Waals surface area contributed by atoms with E-state index in [2.05, 4.69) is 5.32 Å². The summed E-state index contributed by atoms with van der Waals surface area (Å²) in [6, 6.07) is 14.2. The summed E-state index contributed by atoms with van der Waals surface area (Å²) in [4.78, 5) is 26.4. The Balaban J connectivity index is 1.40. The second-order valence-electron chi connectivity index (χ2n) is 6.88. The fourth-order valence-corrected chi connectivity index (χ4v) is 3.28. The molecular weight excluding hydrogens is 376 g/mol. The summed E-state index contributed by atoms with van der Waals surface area (Å²) in [5.74, 6) is 0.727. The molecule has 28 heavy (non-hydrogen) atoms. The van der Waals surface area contributed by atoms with Crippen LogP contribution in [0.15, 0.2) is 48.5 Å². The summed E-state index contributed by atoms with van der Waals surface area (Å²) in [6.07, 6.45) is 4.31. The maximum Gasteiger partial charge on any atom is 0.253 e. The molecule has 3 rings (SSSR count). The van der Waals surface area contributed by atoms with Crippen molar-refractivity contribution in [1.29, 1.82) is 0 Å². The molecular formula is C22H25ClN2O3. The van der Waals surface area contributed by atoms with E-state index in [0.717, 1.165) is 31.7 Å². The van der Waals surface area contributed by atoms with Crippen LogP contribution in [0, 0.1) is 0 Å². The largest absolute Gasteiger partial charge is 0.494 e. The van der Waals surface area contributed by atoms with E-state index in [0.29, 0.717) is 35.7 Å². The van der Waals surface area contributed by atoms with Gasteiger partial charge in [0.05, 0.1) is 6.61 Å². The molecule has 1 aliphatic heterocycles. The molecule has 0 saturated carbocycles. The lowest BCUT2D eigenvalue weighted by Crippen LogP contribution is -2.35. The third-order valence-corrected chi connectivity index (χ3v) is 4.94. The van der Waals surface area contributed by atoms with E-state index in [1.807, 2.05) is 4.90 Å². The smallest absolute Gasteiger partial charge is 0.253 e. The number of carbonyl (C=O) groups is 2. The fourth-order valence-electron chi connectivity index (χ4n) is 3.15. The number of hydrogen-bond donors (Lipinski definition) is 1. The number of likely N-dealkylation sites (tertiary alicyclic amines) is 1. The molecule has 148 valence electrons. The average molecular weight is 401 g/mol. The summed E-state index contributed by atoms with van der Waals surface area (Å²) < 4.78 is 5.58. The third-order valence-electron chi connectivity index (χ3n) is 4.69. The van der Waals surface area contributed by atoms with Crippen molar-refractivity contribution in [1.82, 2.24) is 4.90 Å². The van der Waals surface area contributed by atoms with E-state index in [1.165, 1.54) is 6.42 Å². The van der Waals surface area contributed by atoms with Gasteiger partial charge < -0.3 is 15.0 Å². The van der Waals surface area contributed by atoms with Gasteiger partial charge in [0.2, 0.25) is 5.91 Å². The van der Waals surface area contributed by atoms with Crippen molar-refractivity contribution >= 4 is 29.1 Å².